The van der Waals surface area contributed by atoms with Crippen molar-refractivity contribution in [2.45, 2.75) is 32.2 Å². The number of hydrogen-bond acceptors (Lipinski definition) is 7. The molecule has 7 nitrogen and oxygen atoms in total. The number of allylic oxidation sites excluding steroid dienone is 1. The van der Waals surface area contributed by atoms with Gasteiger partial charge in [-0.25, -0.2) is 9.79 Å². The minimum atomic E-state index is -0.425. The Bertz CT molecular complexity index is 948. The van der Waals surface area contributed by atoms with E-state index < -0.39 is 12.0 Å². The molecule has 0 unspecified atom stereocenters. The summed E-state index contributed by atoms with van der Waals surface area (Å²) in [6, 6.07) is 7.15. The summed E-state index contributed by atoms with van der Waals surface area (Å²) in [6.07, 6.45) is 2.61. The highest BCUT2D eigenvalue weighted by Crippen LogP contribution is 2.45. The number of amidine groups is 1. The van der Waals surface area contributed by atoms with Gasteiger partial charge >= 0.3 is 5.97 Å². The number of amides is 1. The number of esters is 1. The Hall–Kier alpha value is -2.74. The maximum Gasteiger partial charge on any atom is 0.338 e. The molecule has 1 saturated carbocycles. The molecule has 0 bridgehead atoms. The number of carbonyl (C=O) groups is 2. The third-order valence-corrected chi connectivity index (χ3v) is 6.35. The van der Waals surface area contributed by atoms with Crippen LogP contribution in [0.15, 0.2) is 51.6 Å². The lowest BCUT2D eigenvalue weighted by molar-refractivity contribution is -0.136. The predicted octanol–water partition coefficient (Wildman–Crippen LogP) is 3.36. The van der Waals surface area contributed by atoms with Crippen molar-refractivity contribution < 1.29 is 19.1 Å². The Kier molecular flexibility index (Phi) is 5.85. The number of ether oxygens (including phenoxy) is 2. The van der Waals surface area contributed by atoms with Crippen LogP contribution in [0.5, 0.6) is 5.75 Å². The largest absolute Gasteiger partial charge is 0.497 e. The Morgan fingerprint density at radius 2 is 1.97 bits per heavy atom. The van der Waals surface area contributed by atoms with Crippen LogP contribution in [0.2, 0.25) is 0 Å². The first-order valence-corrected chi connectivity index (χ1v) is 10.8. The van der Waals surface area contributed by atoms with E-state index in [2.05, 4.69) is 10.3 Å². The molecule has 1 aromatic rings. The molecule has 4 rings (SSSR count). The number of carbonyl (C=O) groups excluding carboxylic acids is 2. The Balaban J connectivity index is 1.65. The average molecular weight is 428 g/mol. The number of aliphatic imine (C=N–C) groups is 1. The summed E-state index contributed by atoms with van der Waals surface area (Å²) in [5, 5.41) is 5.71. The molecule has 1 N–H and O–H groups in total. The molecule has 0 spiro atoms. The van der Waals surface area contributed by atoms with E-state index in [0.717, 1.165) is 28.7 Å². The monoisotopic (exact) mass is 427 g/mol. The third-order valence-electron chi connectivity index (χ3n) is 5.46. The highest BCUT2D eigenvalue weighted by atomic mass is 32.2. The van der Waals surface area contributed by atoms with Crippen molar-refractivity contribution in [2.75, 3.05) is 20.8 Å². The van der Waals surface area contributed by atoms with Crippen LogP contribution in [0.1, 0.15) is 37.8 Å². The van der Waals surface area contributed by atoms with Crippen molar-refractivity contribution in [1.29, 1.82) is 0 Å². The van der Waals surface area contributed by atoms with Crippen LogP contribution in [0.25, 0.3) is 0 Å². The summed E-state index contributed by atoms with van der Waals surface area (Å²) in [5.74, 6) is 0.909. The van der Waals surface area contributed by atoms with Gasteiger partial charge in [0.1, 0.15) is 5.75 Å². The number of hydrogen-bond donors (Lipinski definition) is 1. The molecule has 0 aromatic heterocycles. The van der Waals surface area contributed by atoms with E-state index in [4.69, 9.17) is 9.47 Å². The van der Waals surface area contributed by atoms with E-state index in [-0.39, 0.29) is 12.3 Å². The smallest absolute Gasteiger partial charge is 0.338 e. The second-order valence-electron chi connectivity index (χ2n) is 7.58. The average Bonchev–Trinajstić information content (AvgIpc) is 3.51. The van der Waals surface area contributed by atoms with Crippen LogP contribution in [0, 0.1) is 5.92 Å². The van der Waals surface area contributed by atoms with E-state index in [1.165, 1.54) is 31.7 Å². The molecule has 30 heavy (non-hydrogen) atoms. The van der Waals surface area contributed by atoms with E-state index in [0.29, 0.717) is 17.2 Å². The highest BCUT2D eigenvalue weighted by molar-refractivity contribution is 8.16. The summed E-state index contributed by atoms with van der Waals surface area (Å²) in [7, 11) is 2.98. The van der Waals surface area contributed by atoms with Crippen LogP contribution in [0.3, 0.4) is 0 Å². The lowest BCUT2D eigenvalue weighted by atomic mass is 9.94. The van der Waals surface area contributed by atoms with Crippen LogP contribution < -0.4 is 10.1 Å². The standard InChI is InChI=1S/C22H25N3O4S/c1-13-19(21(27)29-3)20(15-6-8-17(28-2)9-7-15)25-16(12-30-22(25)24-13)10-18(26)23-11-14-4-5-14/h6-9,12,14,20H,4-5,10-11H2,1-3H3,(H,23,26)/t20-/m1/s1. The first-order valence-electron chi connectivity index (χ1n) is 9.95. The first-order chi connectivity index (χ1) is 14.5. The fourth-order valence-corrected chi connectivity index (χ4v) is 4.61. The zero-order valence-corrected chi connectivity index (χ0v) is 18.1. The van der Waals surface area contributed by atoms with Gasteiger partial charge in [-0.3, -0.25) is 4.79 Å². The summed E-state index contributed by atoms with van der Waals surface area (Å²) in [4.78, 5) is 31.8. The summed E-state index contributed by atoms with van der Waals surface area (Å²) < 4.78 is 10.3. The second-order valence-corrected chi connectivity index (χ2v) is 8.42. The first kappa shape index (κ1) is 20.5. The fraction of sp³-hybridized carbons (Fsp3) is 0.409. The molecule has 1 fully saturated rings. The number of methoxy groups -OCH3 is 2. The Morgan fingerprint density at radius 1 is 1.23 bits per heavy atom. The lowest BCUT2D eigenvalue weighted by Gasteiger charge is -2.36. The molecule has 1 atom stereocenters. The zero-order chi connectivity index (χ0) is 21.3. The molecular formula is C22H25N3O4S. The molecule has 8 heteroatoms. The zero-order valence-electron chi connectivity index (χ0n) is 17.3. The van der Waals surface area contributed by atoms with Gasteiger partial charge < -0.3 is 19.7 Å². The molecule has 1 aromatic carbocycles. The molecule has 1 aliphatic carbocycles. The predicted molar refractivity (Wildman–Crippen MR) is 116 cm³/mol. The SMILES string of the molecule is COC(=O)C1=C(C)N=C2SC=C(CC(=O)NCC3CC3)N2[C@@H]1c1ccc(OC)cc1. The van der Waals surface area contributed by atoms with Crippen molar-refractivity contribution >= 4 is 28.8 Å². The topological polar surface area (TPSA) is 80.2 Å². The normalized spacial score (nSPS) is 20.4. The Labute approximate surface area is 180 Å². The molecule has 2 heterocycles. The highest BCUT2D eigenvalue weighted by Gasteiger charge is 2.41. The van der Waals surface area contributed by atoms with Gasteiger partial charge in [0.2, 0.25) is 5.91 Å². The molecule has 3 aliphatic rings. The number of rotatable bonds is 7. The van der Waals surface area contributed by atoms with Gasteiger partial charge in [0.05, 0.1) is 38.0 Å². The van der Waals surface area contributed by atoms with Crippen LogP contribution in [-0.4, -0.2) is 42.7 Å². The summed E-state index contributed by atoms with van der Waals surface area (Å²) in [6.45, 7) is 2.54. The minimum Gasteiger partial charge on any atom is -0.497 e. The molecule has 0 saturated heterocycles. The van der Waals surface area contributed by atoms with Crippen LogP contribution >= 0.6 is 11.8 Å². The second kappa shape index (κ2) is 8.55. The van der Waals surface area contributed by atoms with Crippen molar-refractivity contribution in [1.82, 2.24) is 10.2 Å². The maximum absolute atomic E-state index is 12.7. The lowest BCUT2D eigenvalue weighted by Crippen LogP contribution is -2.38. The van der Waals surface area contributed by atoms with Gasteiger partial charge in [-0.2, -0.15) is 0 Å². The van der Waals surface area contributed by atoms with E-state index in [1.807, 2.05) is 41.5 Å². The number of nitrogens with one attached hydrogen (secondary N) is 1. The van der Waals surface area contributed by atoms with Crippen molar-refractivity contribution in [3.8, 4) is 5.75 Å². The quantitative estimate of drug-likeness (QED) is 0.672. The van der Waals surface area contributed by atoms with Crippen LogP contribution in [0.4, 0.5) is 0 Å². The number of nitrogens with zero attached hydrogens (tertiary/aromatic N) is 2. The van der Waals surface area contributed by atoms with E-state index in [9.17, 15) is 9.59 Å². The van der Waals surface area contributed by atoms with E-state index in [1.54, 1.807) is 7.11 Å². The van der Waals surface area contributed by atoms with E-state index >= 15 is 0 Å². The number of benzene rings is 1. The summed E-state index contributed by atoms with van der Waals surface area (Å²) >= 11 is 1.47. The fourth-order valence-electron chi connectivity index (χ4n) is 3.65. The third kappa shape index (κ3) is 4.09. The van der Waals surface area contributed by atoms with Crippen molar-refractivity contribution in [2.24, 2.45) is 10.9 Å². The molecule has 158 valence electrons. The molecule has 2 aliphatic heterocycles. The number of fused-ring (bicyclic) bond motifs is 1. The van der Waals surface area contributed by atoms with Gasteiger partial charge in [-0.15, -0.1) is 0 Å². The Morgan fingerprint density at radius 3 is 2.60 bits per heavy atom. The van der Waals surface area contributed by atoms with Gasteiger partial charge in [0.25, 0.3) is 0 Å². The van der Waals surface area contributed by atoms with Crippen LogP contribution in [-0.2, 0) is 14.3 Å². The molecular weight excluding hydrogens is 402 g/mol. The van der Waals surface area contributed by atoms with Gasteiger partial charge in [-0.1, -0.05) is 23.9 Å². The van der Waals surface area contributed by atoms with Crippen molar-refractivity contribution in [3.63, 3.8) is 0 Å². The summed E-state index contributed by atoms with van der Waals surface area (Å²) in [5.41, 5.74) is 2.81. The molecule has 0 radical (unpaired) electrons. The molecule has 1 amide bonds. The minimum absolute atomic E-state index is 0.0191. The van der Waals surface area contributed by atoms with Gasteiger partial charge in [0.15, 0.2) is 5.17 Å². The van der Waals surface area contributed by atoms with Crippen molar-refractivity contribution in [3.05, 3.63) is 52.2 Å². The maximum atomic E-state index is 12.7. The van der Waals surface area contributed by atoms with Gasteiger partial charge in [-0.05, 0) is 48.8 Å². The number of thioether (sulfide) groups is 1. The van der Waals surface area contributed by atoms with Gasteiger partial charge in [0, 0.05) is 12.2 Å².